The van der Waals surface area contributed by atoms with E-state index in [2.05, 4.69) is 17.5 Å². The number of unbranched alkanes of at least 4 members (excludes halogenated alkanes) is 1. The molecule has 9 heteroatoms. The van der Waals surface area contributed by atoms with Gasteiger partial charge in [-0.1, -0.05) is 37.2 Å². The third kappa shape index (κ3) is 4.64. The van der Waals surface area contributed by atoms with Crippen molar-refractivity contribution in [2.75, 3.05) is 19.3 Å². The molecule has 0 radical (unpaired) electrons. The van der Waals surface area contributed by atoms with Gasteiger partial charge in [-0.3, -0.25) is 19.9 Å². The van der Waals surface area contributed by atoms with Crippen LogP contribution in [0.3, 0.4) is 0 Å². The summed E-state index contributed by atoms with van der Waals surface area (Å²) in [7, 11) is 1.80. The summed E-state index contributed by atoms with van der Waals surface area (Å²) in [4.78, 5) is 29.9. The number of hydrazone groups is 1. The highest BCUT2D eigenvalue weighted by atomic mass is 32.2. The van der Waals surface area contributed by atoms with Crippen molar-refractivity contribution < 1.29 is 14.0 Å². The Kier molecular flexibility index (Phi) is 6.56. The van der Waals surface area contributed by atoms with Crippen LogP contribution in [0.2, 0.25) is 0 Å². The number of benzene rings is 1. The summed E-state index contributed by atoms with van der Waals surface area (Å²) in [5.74, 6) is -0.157. The second-order valence-corrected chi connectivity index (χ2v) is 7.62. The minimum absolute atomic E-state index is 0.0369. The number of fused-ring (bicyclic) bond motifs is 1. The number of carbonyl (C=O) groups is 2. The van der Waals surface area contributed by atoms with E-state index in [1.54, 1.807) is 46.3 Å². The van der Waals surface area contributed by atoms with Crippen molar-refractivity contribution in [2.45, 2.75) is 32.5 Å². The van der Waals surface area contributed by atoms with Gasteiger partial charge in [-0.15, -0.1) is 0 Å². The number of rotatable bonds is 7. The average Bonchev–Trinajstić information content (AvgIpc) is 3.11. The van der Waals surface area contributed by atoms with Gasteiger partial charge in [0, 0.05) is 26.0 Å². The Bertz CT molecular complexity index is 783. The van der Waals surface area contributed by atoms with E-state index in [0.717, 1.165) is 24.9 Å². The lowest BCUT2D eigenvalue weighted by Gasteiger charge is -2.32. The number of thioether (sulfide) groups is 1. The van der Waals surface area contributed by atoms with E-state index in [1.807, 2.05) is 0 Å². The van der Waals surface area contributed by atoms with Gasteiger partial charge in [0.1, 0.15) is 5.82 Å². The summed E-state index contributed by atoms with van der Waals surface area (Å²) in [5.41, 5.74) is 3.67. The van der Waals surface area contributed by atoms with Gasteiger partial charge in [-0.2, -0.15) is 5.10 Å². The molecule has 0 saturated carbocycles. The molecule has 0 aromatic heterocycles. The summed E-state index contributed by atoms with van der Waals surface area (Å²) in [6.07, 6.45) is 4.84. The molecule has 0 saturated heterocycles. The number of nitrogens with one attached hydrogen (secondary N) is 1. The fraction of sp³-hybridized carbons (Fsp3) is 0.421. The van der Waals surface area contributed by atoms with E-state index in [1.165, 1.54) is 23.9 Å². The van der Waals surface area contributed by atoms with Crippen molar-refractivity contribution in [3.8, 4) is 0 Å². The number of hydrogen-bond acceptors (Lipinski definition) is 6. The van der Waals surface area contributed by atoms with Crippen LogP contribution in [0.4, 0.5) is 4.39 Å². The van der Waals surface area contributed by atoms with Gasteiger partial charge >= 0.3 is 0 Å². The van der Waals surface area contributed by atoms with E-state index in [-0.39, 0.29) is 23.4 Å². The molecular formula is C19H24FN5O2S. The molecule has 28 heavy (non-hydrogen) atoms. The van der Waals surface area contributed by atoms with E-state index in [0.29, 0.717) is 11.7 Å². The lowest BCUT2D eigenvalue weighted by Crippen LogP contribution is -2.51. The Morgan fingerprint density at radius 3 is 2.79 bits per heavy atom. The maximum Gasteiger partial charge on any atom is 0.272 e. The Morgan fingerprint density at radius 2 is 2.07 bits per heavy atom. The zero-order valence-electron chi connectivity index (χ0n) is 16.0. The third-order valence-electron chi connectivity index (χ3n) is 4.57. The Morgan fingerprint density at radius 1 is 1.32 bits per heavy atom. The molecular weight excluding hydrogens is 381 g/mol. The van der Waals surface area contributed by atoms with Crippen molar-refractivity contribution in [2.24, 2.45) is 5.10 Å². The zero-order valence-corrected chi connectivity index (χ0v) is 16.8. The van der Waals surface area contributed by atoms with Crippen LogP contribution in [0.1, 0.15) is 25.3 Å². The zero-order chi connectivity index (χ0) is 20.1. The molecule has 0 spiro atoms. The minimum Gasteiger partial charge on any atom is -0.345 e. The van der Waals surface area contributed by atoms with E-state index < -0.39 is 6.17 Å². The third-order valence-corrected chi connectivity index (χ3v) is 5.52. The summed E-state index contributed by atoms with van der Waals surface area (Å²) < 4.78 is 13.0. The maximum atomic E-state index is 13.0. The quantitative estimate of drug-likeness (QED) is 0.753. The monoisotopic (exact) mass is 405 g/mol. The van der Waals surface area contributed by atoms with Gasteiger partial charge in [-0.05, 0) is 24.1 Å². The molecule has 7 nitrogen and oxygen atoms in total. The van der Waals surface area contributed by atoms with E-state index in [4.69, 9.17) is 0 Å². The topological polar surface area (TPSA) is 68.2 Å². The number of amides is 2. The lowest BCUT2D eigenvalue weighted by molar-refractivity contribution is -0.134. The van der Waals surface area contributed by atoms with Crippen molar-refractivity contribution in [3.63, 3.8) is 0 Å². The van der Waals surface area contributed by atoms with Gasteiger partial charge in [0.05, 0.1) is 12.3 Å². The molecule has 0 bridgehead atoms. The summed E-state index contributed by atoms with van der Waals surface area (Å²) in [6.45, 7) is 3.18. The first-order valence-electron chi connectivity index (χ1n) is 9.21. The van der Waals surface area contributed by atoms with Gasteiger partial charge in [-0.25, -0.2) is 4.39 Å². The number of hydrogen-bond donors (Lipinski definition) is 1. The maximum absolute atomic E-state index is 13.0. The highest BCUT2D eigenvalue weighted by Gasteiger charge is 2.37. The second-order valence-electron chi connectivity index (χ2n) is 6.68. The Hall–Kier alpha value is -2.55. The molecule has 3 rings (SSSR count). The first-order valence-corrected chi connectivity index (χ1v) is 10.2. The number of amidine groups is 1. The highest BCUT2D eigenvalue weighted by molar-refractivity contribution is 8.14. The summed E-state index contributed by atoms with van der Waals surface area (Å²) in [5, 5.41) is 4.80. The van der Waals surface area contributed by atoms with Gasteiger partial charge < -0.3 is 9.80 Å². The second kappa shape index (κ2) is 9.09. The van der Waals surface area contributed by atoms with Crippen LogP contribution < -0.4 is 5.43 Å². The van der Waals surface area contributed by atoms with Crippen LogP contribution in [0, 0.1) is 5.82 Å². The Balaban J connectivity index is 1.56. The molecule has 150 valence electrons. The molecule has 2 amide bonds. The van der Waals surface area contributed by atoms with Crippen LogP contribution >= 0.6 is 11.8 Å². The van der Waals surface area contributed by atoms with Crippen LogP contribution in [0.5, 0.6) is 0 Å². The van der Waals surface area contributed by atoms with Gasteiger partial charge in [0.15, 0.2) is 5.17 Å². The smallest absolute Gasteiger partial charge is 0.272 e. The SMILES string of the molecule is CCCCN(C)C(=O)CSC1=NNC2C(=O)N(Cc3ccc(F)cc3)C=CN12. The van der Waals surface area contributed by atoms with Crippen molar-refractivity contribution in [1.82, 2.24) is 20.1 Å². The molecule has 1 atom stereocenters. The normalized spacial score (nSPS) is 18.0. The molecule has 1 N–H and O–H groups in total. The summed E-state index contributed by atoms with van der Waals surface area (Å²) >= 11 is 1.31. The van der Waals surface area contributed by atoms with Crippen LogP contribution in [-0.4, -0.2) is 57.2 Å². The van der Waals surface area contributed by atoms with Crippen LogP contribution in [0.25, 0.3) is 0 Å². The van der Waals surface area contributed by atoms with Crippen LogP contribution in [-0.2, 0) is 16.1 Å². The first kappa shape index (κ1) is 20.2. The van der Waals surface area contributed by atoms with Gasteiger partial charge in [0.25, 0.3) is 5.91 Å². The predicted octanol–water partition coefficient (Wildman–Crippen LogP) is 2.13. The molecule has 0 fully saturated rings. The molecule has 2 aliphatic rings. The lowest BCUT2D eigenvalue weighted by atomic mass is 10.2. The predicted molar refractivity (Wildman–Crippen MR) is 107 cm³/mol. The van der Waals surface area contributed by atoms with Crippen molar-refractivity contribution in [1.29, 1.82) is 0 Å². The minimum atomic E-state index is -0.624. The molecule has 2 aliphatic heterocycles. The van der Waals surface area contributed by atoms with Crippen molar-refractivity contribution >= 4 is 28.7 Å². The molecule has 1 unspecified atom stereocenters. The van der Waals surface area contributed by atoms with E-state index in [9.17, 15) is 14.0 Å². The summed E-state index contributed by atoms with van der Waals surface area (Å²) in [6, 6.07) is 6.06. The number of halogens is 1. The van der Waals surface area contributed by atoms with Gasteiger partial charge in [0.2, 0.25) is 12.1 Å². The first-order chi connectivity index (χ1) is 13.5. The average molecular weight is 405 g/mol. The standard InChI is InChI=1S/C19H24FN5O2S/c1-3-4-9-23(2)16(26)13-28-19-22-21-17-18(27)24(10-11-25(17)19)12-14-5-7-15(20)8-6-14/h5-8,10-11,17,21H,3-4,9,12-13H2,1-2H3. The Labute approximate surface area is 168 Å². The van der Waals surface area contributed by atoms with Crippen molar-refractivity contribution in [3.05, 3.63) is 48.0 Å². The number of carbonyl (C=O) groups excluding carboxylic acids is 2. The molecule has 2 heterocycles. The molecule has 1 aromatic carbocycles. The largest absolute Gasteiger partial charge is 0.345 e. The molecule has 0 aliphatic carbocycles. The number of nitrogens with zero attached hydrogens (tertiary/aromatic N) is 4. The van der Waals surface area contributed by atoms with E-state index >= 15 is 0 Å². The highest BCUT2D eigenvalue weighted by Crippen LogP contribution is 2.23. The van der Waals surface area contributed by atoms with Crippen LogP contribution in [0.15, 0.2) is 41.8 Å². The fourth-order valence-electron chi connectivity index (χ4n) is 2.83. The fourth-order valence-corrected chi connectivity index (χ4v) is 3.74. The molecule has 1 aromatic rings.